The number of nitrogens with zero attached hydrogens (tertiary/aromatic N) is 1. The summed E-state index contributed by atoms with van der Waals surface area (Å²) in [5.74, 6) is 0.531. The van der Waals surface area contributed by atoms with Crippen molar-refractivity contribution in [3.8, 4) is 0 Å². The molecule has 5 nitrogen and oxygen atoms in total. The van der Waals surface area contributed by atoms with Crippen molar-refractivity contribution in [3.05, 3.63) is 24.1 Å². The summed E-state index contributed by atoms with van der Waals surface area (Å²) < 4.78 is 16.6. The van der Waals surface area contributed by atoms with Crippen LogP contribution in [0.25, 0.3) is 11.1 Å². The SMILES string of the molecule is CC(C)(C)OCCOCc1nc2c(N)cccc2o1. The van der Waals surface area contributed by atoms with Gasteiger partial charge in [-0.3, -0.25) is 0 Å². The van der Waals surface area contributed by atoms with Crippen molar-refractivity contribution in [1.82, 2.24) is 4.98 Å². The van der Waals surface area contributed by atoms with Crippen molar-refractivity contribution in [2.24, 2.45) is 0 Å². The average molecular weight is 264 g/mol. The molecule has 0 saturated carbocycles. The molecule has 0 radical (unpaired) electrons. The van der Waals surface area contributed by atoms with Gasteiger partial charge < -0.3 is 19.6 Å². The number of anilines is 1. The molecule has 0 aliphatic rings. The zero-order valence-electron chi connectivity index (χ0n) is 11.6. The lowest BCUT2D eigenvalue weighted by atomic mass is 10.2. The maximum Gasteiger partial charge on any atom is 0.221 e. The van der Waals surface area contributed by atoms with Crippen LogP contribution in [-0.4, -0.2) is 23.8 Å². The van der Waals surface area contributed by atoms with Crippen LogP contribution < -0.4 is 5.73 Å². The van der Waals surface area contributed by atoms with Gasteiger partial charge in [0.25, 0.3) is 0 Å². The lowest BCUT2D eigenvalue weighted by Crippen LogP contribution is -2.21. The van der Waals surface area contributed by atoms with Crippen molar-refractivity contribution in [2.45, 2.75) is 33.0 Å². The van der Waals surface area contributed by atoms with Crippen LogP contribution in [0.2, 0.25) is 0 Å². The summed E-state index contributed by atoms with van der Waals surface area (Å²) in [6, 6.07) is 5.47. The second kappa shape index (κ2) is 5.59. The Morgan fingerprint density at radius 1 is 1.26 bits per heavy atom. The molecule has 0 aliphatic heterocycles. The van der Waals surface area contributed by atoms with Crippen LogP contribution in [0.3, 0.4) is 0 Å². The van der Waals surface area contributed by atoms with Crippen LogP contribution in [-0.2, 0) is 16.1 Å². The van der Waals surface area contributed by atoms with E-state index in [4.69, 9.17) is 19.6 Å². The monoisotopic (exact) mass is 264 g/mol. The molecule has 0 aliphatic carbocycles. The van der Waals surface area contributed by atoms with E-state index >= 15 is 0 Å². The van der Waals surface area contributed by atoms with Crippen LogP contribution in [0.4, 0.5) is 5.69 Å². The van der Waals surface area contributed by atoms with E-state index in [-0.39, 0.29) is 5.60 Å². The Labute approximate surface area is 112 Å². The third-order valence-electron chi connectivity index (χ3n) is 2.48. The molecule has 0 bridgehead atoms. The molecular formula is C14H20N2O3. The van der Waals surface area contributed by atoms with E-state index in [1.54, 1.807) is 6.07 Å². The first-order chi connectivity index (χ1) is 8.96. The van der Waals surface area contributed by atoms with E-state index < -0.39 is 0 Å². The van der Waals surface area contributed by atoms with Crippen molar-refractivity contribution in [1.29, 1.82) is 0 Å². The molecule has 0 spiro atoms. The number of aromatic nitrogens is 1. The second-order valence-electron chi connectivity index (χ2n) is 5.32. The molecule has 1 aromatic heterocycles. The number of oxazole rings is 1. The second-order valence-corrected chi connectivity index (χ2v) is 5.32. The first-order valence-electron chi connectivity index (χ1n) is 6.31. The smallest absolute Gasteiger partial charge is 0.221 e. The Balaban J connectivity index is 1.84. The maximum atomic E-state index is 5.81. The molecule has 1 heterocycles. The number of nitrogens with two attached hydrogens (primary N) is 1. The third kappa shape index (κ3) is 3.94. The number of hydrogen-bond acceptors (Lipinski definition) is 5. The highest BCUT2D eigenvalue weighted by molar-refractivity contribution is 5.85. The average Bonchev–Trinajstić information content (AvgIpc) is 2.71. The first-order valence-corrected chi connectivity index (χ1v) is 6.31. The molecule has 0 amide bonds. The largest absolute Gasteiger partial charge is 0.438 e. The molecule has 2 aromatic rings. The van der Waals surface area contributed by atoms with Crippen molar-refractivity contribution < 1.29 is 13.9 Å². The van der Waals surface area contributed by atoms with E-state index in [1.807, 2.05) is 32.9 Å². The van der Waals surface area contributed by atoms with Crippen LogP contribution in [0.1, 0.15) is 26.7 Å². The topological polar surface area (TPSA) is 70.5 Å². The summed E-state index contributed by atoms with van der Waals surface area (Å²) in [6.07, 6.45) is 0. The van der Waals surface area contributed by atoms with Gasteiger partial charge in [-0.2, -0.15) is 0 Å². The summed E-state index contributed by atoms with van der Waals surface area (Å²) in [5.41, 5.74) is 7.65. The number of hydrogen-bond donors (Lipinski definition) is 1. The van der Waals surface area contributed by atoms with Gasteiger partial charge in [-0.25, -0.2) is 4.98 Å². The Morgan fingerprint density at radius 3 is 2.74 bits per heavy atom. The van der Waals surface area contributed by atoms with Crippen LogP contribution in [0, 0.1) is 0 Å². The minimum atomic E-state index is -0.143. The number of ether oxygens (including phenoxy) is 2. The van der Waals surface area contributed by atoms with Gasteiger partial charge in [0.2, 0.25) is 5.89 Å². The molecule has 0 atom stereocenters. The molecule has 2 N–H and O–H groups in total. The quantitative estimate of drug-likeness (QED) is 0.664. The van der Waals surface area contributed by atoms with Gasteiger partial charge in [0.15, 0.2) is 5.58 Å². The lowest BCUT2D eigenvalue weighted by Gasteiger charge is -2.19. The predicted molar refractivity (Wildman–Crippen MR) is 73.8 cm³/mol. The van der Waals surface area contributed by atoms with Crippen molar-refractivity contribution in [2.75, 3.05) is 18.9 Å². The molecule has 1 aromatic carbocycles. The fourth-order valence-electron chi connectivity index (χ4n) is 1.64. The van der Waals surface area contributed by atoms with Gasteiger partial charge in [0, 0.05) is 0 Å². The van der Waals surface area contributed by atoms with Gasteiger partial charge >= 0.3 is 0 Å². The molecule has 5 heteroatoms. The number of nitrogen functional groups attached to an aromatic ring is 1. The Kier molecular flexibility index (Phi) is 4.07. The fraction of sp³-hybridized carbons (Fsp3) is 0.500. The van der Waals surface area contributed by atoms with Crippen LogP contribution in [0.5, 0.6) is 0 Å². The fourth-order valence-corrected chi connectivity index (χ4v) is 1.64. The molecule has 2 rings (SSSR count). The normalized spacial score (nSPS) is 12.2. The minimum Gasteiger partial charge on any atom is -0.438 e. The van der Waals surface area contributed by atoms with E-state index in [9.17, 15) is 0 Å². The van der Waals surface area contributed by atoms with E-state index in [1.165, 1.54) is 0 Å². The van der Waals surface area contributed by atoms with Crippen molar-refractivity contribution in [3.63, 3.8) is 0 Å². The van der Waals surface area contributed by atoms with Crippen LogP contribution >= 0.6 is 0 Å². The number of fused-ring (bicyclic) bond motifs is 1. The van der Waals surface area contributed by atoms with Gasteiger partial charge in [-0.15, -0.1) is 0 Å². The summed E-state index contributed by atoms with van der Waals surface area (Å²) in [4.78, 5) is 4.30. The highest BCUT2D eigenvalue weighted by Gasteiger charge is 2.10. The molecular weight excluding hydrogens is 244 g/mol. The highest BCUT2D eigenvalue weighted by Crippen LogP contribution is 2.21. The number of benzene rings is 1. The lowest BCUT2D eigenvalue weighted by molar-refractivity contribution is -0.0398. The zero-order valence-corrected chi connectivity index (χ0v) is 11.6. The molecule has 0 fully saturated rings. The maximum absolute atomic E-state index is 5.81. The first kappa shape index (κ1) is 13.8. The predicted octanol–water partition coefficient (Wildman–Crippen LogP) is 2.74. The standard InChI is InChI=1S/C14H20N2O3/c1-14(2,3)18-8-7-17-9-12-16-13-10(15)5-4-6-11(13)19-12/h4-6H,7-9,15H2,1-3H3. The Morgan fingerprint density at radius 2 is 2.05 bits per heavy atom. The molecule has 104 valence electrons. The van der Waals surface area contributed by atoms with Gasteiger partial charge in [0.1, 0.15) is 12.1 Å². The van der Waals surface area contributed by atoms with Gasteiger partial charge in [-0.1, -0.05) is 6.07 Å². The summed E-state index contributed by atoms with van der Waals surface area (Å²) in [7, 11) is 0. The summed E-state index contributed by atoms with van der Waals surface area (Å²) in [6.45, 7) is 7.41. The summed E-state index contributed by atoms with van der Waals surface area (Å²) in [5, 5.41) is 0. The zero-order chi connectivity index (χ0) is 13.9. The van der Waals surface area contributed by atoms with Crippen LogP contribution in [0.15, 0.2) is 22.6 Å². The third-order valence-corrected chi connectivity index (χ3v) is 2.48. The highest BCUT2D eigenvalue weighted by atomic mass is 16.5. The summed E-state index contributed by atoms with van der Waals surface area (Å²) >= 11 is 0. The Hall–Kier alpha value is -1.59. The van der Waals surface area contributed by atoms with E-state index in [0.29, 0.717) is 42.5 Å². The Bertz CT molecular complexity index is 543. The minimum absolute atomic E-state index is 0.143. The number of para-hydroxylation sites is 1. The van der Waals surface area contributed by atoms with E-state index in [0.717, 1.165) is 0 Å². The van der Waals surface area contributed by atoms with Gasteiger partial charge in [-0.05, 0) is 32.9 Å². The number of rotatable bonds is 5. The van der Waals surface area contributed by atoms with Gasteiger partial charge in [0.05, 0.1) is 24.5 Å². The van der Waals surface area contributed by atoms with Crippen molar-refractivity contribution >= 4 is 16.8 Å². The molecule has 0 unspecified atom stereocenters. The van der Waals surface area contributed by atoms with E-state index in [2.05, 4.69) is 4.98 Å². The molecule has 19 heavy (non-hydrogen) atoms. The molecule has 0 saturated heterocycles.